The SMILES string of the molecule is O=C(c1cc(Cn2c(=O)[nH]c(=O)c3c(F)cccc32)ccc1F)N1CCN(C(=O)C2CCC2)CC1. The predicted octanol–water partition coefficient (Wildman–Crippen LogP) is 2.10. The van der Waals surface area contributed by atoms with E-state index in [9.17, 15) is 28.0 Å². The first kappa shape index (κ1) is 22.9. The molecular weight excluding hydrogens is 458 g/mol. The Hall–Kier alpha value is -3.82. The second-order valence-electron chi connectivity index (χ2n) is 9.04. The number of carbonyl (C=O) groups excluding carboxylic acids is 2. The summed E-state index contributed by atoms with van der Waals surface area (Å²) in [6.45, 7) is 1.34. The summed E-state index contributed by atoms with van der Waals surface area (Å²) in [5, 5.41) is -0.250. The molecule has 5 rings (SSSR count). The Morgan fingerprint density at radius 1 is 0.943 bits per heavy atom. The molecule has 35 heavy (non-hydrogen) atoms. The highest BCUT2D eigenvalue weighted by Crippen LogP contribution is 2.28. The Bertz CT molecular complexity index is 1440. The Morgan fingerprint density at radius 2 is 1.66 bits per heavy atom. The zero-order valence-electron chi connectivity index (χ0n) is 18.9. The van der Waals surface area contributed by atoms with Crippen molar-refractivity contribution in [1.82, 2.24) is 19.4 Å². The number of halogens is 2. The van der Waals surface area contributed by atoms with Crippen LogP contribution >= 0.6 is 0 Å². The molecule has 0 atom stereocenters. The molecule has 1 saturated heterocycles. The molecule has 2 fully saturated rings. The average Bonchev–Trinajstić information content (AvgIpc) is 2.81. The summed E-state index contributed by atoms with van der Waals surface area (Å²) >= 11 is 0. The topological polar surface area (TPSA) is 95.5 Å². The summed E-state index contributed by atoms with van der Waals surface area (Å²) in [4.78, 5) is 55.5. The van der Waals surface area contributed by atoms with Gasteiger partial charge in [0.15, 0.2) is 0 Å². The minimum Gasteiger partial charge on any atom is -0.339 e. The summed E-state index contributed by atoms with van der Waals surface area (Å²) in [5.41, 5.74) is -1.17. The van der Waals surface area contributed by atoms with Crippen LogP contribution in [0.2, 0.25) is 0 Å². The predicted molar refractivity (Wildman–Crippen MR) is 124 cm³/mol. The van der Waals surface area contributed by atoms with Gasteiger partial charge in [0, 0.05) is 32.1 Å². The van der Waals surface area contributed by atoms with Gasteiger partial charge in [0.25, 0.3) is 11.5 Å². The van der Waals surface area contributed by atoms with Gasteiger partial charge in [-0.25, -0.2) is 13.6 Å². The van der Waals surface area contributed by atoms with Crippen molar-refractivity contribution in [3.8, 4) is 0 Å². The monoisotopic (exact) mass is 482 g/mol. The minimum absolute atomic E-state index is 0.0901. The van der Waals surface area contributed by atoms with Gasteiger partial charge in [0.1, 0.15) is 11.6 Å². The second kappa shape index (κ2) is 9.09. The lowest BCUT2D eigenvalue weighted by Crippen LogP contribution is -2.52. The maximum atomic E-state index is 14.6. The number of benzene rings is 2. The van der Waals surface area contributed by atoms with Crippen LogP contribution in [0.5, 0.6) is 0 Å². The van der Waals surface area contributed by atoms with Gasteiger partial charge in [-0.05, 0) is 42.7 Å². The fourth-order valence-electron chi connectivity index (χ4n) is 4.69. The van der Waals surface area contributed by atoms with Crippen LogP contribution in [0.3, 0.4) is 0 Å². The van der Waals surface area contributed by atoms with Crippen LogP contribution in [0.1, 0.15) is 35.2 Å². The Kier molecular flexibility index (Phi) is 5.96. The number of nitrogens with zero attached hydrogens (tertiary/aromatic N) is 3. The van der Waals surface area contributed by atoms with Crippen molar-refractivity contribution in [2.45, 2.75) is 25.8 Å². The van der Waals surface area contributed by atoms with Gasteiger partial charge in [-0.2, -0.15) is 0 Å². The maximum Gasteiger partial charge on any atom is 0.329 e. The smallest absolute Gasteiger partial charge is 0.329 e. The molecular formula is C25H24F2N4O4. The fraction of sp³-hybridized carbons (Fsp3) is 0.360. The summed E-state index contributed by atoms with van der Waals surface area (Å²) in [7, 11) is 0. The normalized spacial score (nSPS) is 16.4. The average molecular weight is 482 g/mol. The number of piperazine rings is 1. The van der Waals surface area contributed by atoms with Crippen LogP contribution in [0.25, 0.3) is 10.9 Å². The second-order valence-corrected chi connectivity index (χ2v) is 9.04. The molecule has 2 aliphatic rings. The third-order valence-corrected chi connectivity index (χ3v) is 6.91. The number of carbonyl (C=O) groups is 2. The van der Waals surface area contributed by atoms with Gasteiger partial charge in [-0.3, -0.25) is 23.9 Å². The largest absolute Gasteiger partial charge is 0.339 e. The molecule has 182 valence electrons. The number of amides is 2. The number of aromatic nitrogens is 2. The number of nitrogens with one attached hydrogen (secondary N) is 1. The molecule has 2 aromatic carbocycles. The summed E-state index contributed by atoms with van der Waals surface area (Å²) in [5.74, 6) is -1.73. The van der Waals surface area contributed by atoms with E-state index >= 15 is 0 Å². The van der Waals surface area contributed by atoms with E-state index in [2.05, 4.69) is 4.98 Å². The molecule has 0 bridgehead atoms. The fourth-order valence-corrected chi connectivity index (χ4v) is 4.69. The first-order valence-electron chi connectivity index (χ1n) is 11.6. The van der Waals surface area contributed by atoms with E-state index in [1.54, 1.807) is 4.90 Å². The third kappa shape index (κ3) is 4.24. The van der Waals surface area contributed by atoms with Crippen molar-refractivity contribution in [1.29, 1.82) is 0 Å². The molecule has 0 unspecified atom stereocenters. The molecule has 1 saturated carbocycles. The van der Waals surface area contributed by atoms with Gasteiger partial charge >= 0.3 is 5.69 Å². The summed E-state index contributed by atoms with van der Waals surface area (Å²) in [6, 6.07) is 7.92. The standard InChI is InChI=1S/C25H24F2N4O4/c26-18-8-7-15(14-31-20-6-2-5-19(27)21(20)22(32)28-25(31)35)13-17(18)24(34)30-11-9-29(10-12-30)23(33)16-3-1-4-16/h2,5-8,13,16H,1,3-4,9-12,14H2,(H,28,32,35). The first-order chi connectivity index (χ1) is 16.8. The van der Waals surface area contributed by atoms with E-state index in [1.165, 1.54) is 33.7 Å². The molecule has 10 heteroatoms. The number of aromatic amines is 1. The van der Waals surface area contributed by atoms with Crippen molar-refractivity contribution < 1.29 is 18.4 Å². The van der Waals surface area contributed by atoms with Crippen LogP contribution in [-0.2, 0) is 11.3 Å². The lowest BCUT2D eigenvalue weighted by atomic mass is 9.84. The summed E-state index contributed by atoms with van der Waals surface area (Å²) in [6.07, 6.45) is 2.90. The molecule has 2 heterocycles. The first-order valence-corrected chi connectivity index (χ1v) is 11.6. The van der Waals surface area contributed by atoms with Crippen LogP contribution in [-0.4, -0.2) is 57.3 Å². The molecule has 8 nitrogen and oxygen atoms in total. The lowest BCUT2D eigenvalue weighted by molar-refractivity contribution is -0.139. The van der Waals surface area contributed by atoms with Gasteiger partial charge in [-0.15, -0.1) is 0 Å². The van der Waals surface area contributed by atoms with Crippen LogP contribution < -0.4 is 11.2 Å². The highest BCUT2D eigenvalue weighted by atomic mass is 19.1. The molecule has 1 N–H and O–H groups in total. The summed E-state index contributed by atoms with van der Waals surface area (Å²) < 4.78 is 30.0. The molecule has 0 radical (unpaired) electrons. The van der Waals surface area contributed by atoms with Crippen molar-refractivity contribution >= 4 is 22.7 Å². The van der Waals surface area contributed by atoms with Gasteiger partial charge in [0.2, 0.25) is 5.91 Å². The Labute approximate surface area is 198 Å². The van der Waals surface area contributed by atoms with E-state index in [-0.39, 0.29) is 34.8 Å². The van der Waals surface area contributed by atoms with E-state index < -0.39 is 28.8 Å². The minimum atomic E-state index is -0.829. The van der Waals surface area contributed by atoms with Crippen LogP contribution in [0, 0.1) is 17.6 Å². The Morgan fingerprint density at radius 3 is 2.34 bits per heavy atom. The van der Waals surface area contributed by atoms with Gasteiger partial charge in [0.05, 0.1) is 23.0 Å². The van der Waals surface area contributed by atoms with E-state index in [0.717, 1.165) is 31.4 Å². The number of fused-ring (bicyclic) bond motifs is 1. The van der Waals surface area contributed by atoms with Crippen molar-refractivity contribution in [3.63, 3.8) is 0 Å². The molecule has 3 aromatic rings. The molecule has 1 aliphatic carbocycles. The van der Waals surface area contributed by atoms with Crippen molar-refractivity contribution in [3.05, 3.63) is 80.0 Å². The van der Waals surface area contributed by atoms with Crippen LogP contribution in [0.4, 0.5) is 8.78 Å². The molecule has 0 spiro atoms. The zero-order valence-corrected chi connectivity index (χ0v) is 18.9. The van der Waals surface area contributed by atoms with E-state index in [4.69, 9.17) is 0 Å². The van der Waals surface area contributed by atoms with Gasteiger partial charge < -0.3 is 9.80 Å². The van der Waals surface area contributed by atoms with E-state index in [1.807, 2.05) is 0 Å². The van der Waals surface area contributed by atoms with E-state index in [0.29, 0.717) is 31.7 Å². The highest BCUT2D eigenvalue weighted by Gasteiger charge is 2.32. The third-order valence-electron chi connectivity index (χ3n) is 6.91. The zero-order chi connectivity index (χ0) is 24.7. The van der Waals surface area contributed by atoms with Crippen molar-refractivity contribution in [2.75, 3.05) is 26.2 Å². The number of H-pyrrole nitrogens is 1. The van der Waals surface area contributed by atoms with Crippen molar-refractivity contribution in [2.24, 2.45) is 5.92 Å². The highest BCUT2D eigenvalue weighted by molar-refractivity contribution is 5.95. The number of rotatable bonds is 4. The lowest BCUT2D eigenvalue weighted by Gasteiger charge is -2.38. The van der Waals surface area contributed by atoms with Gasteiger partial charge in [-0.1, -0.05) is 18.6 Å². The molecule has 1 aromatic heterocycles. The van der Waals surface area contributed by atoms with Crippen LogP contribution in [0.15, 0.2) is 46.0 Å². The maximum absolute atomic E-state index is 14.6. The Balaban J connectivity index is 1.37. The number of hydrogen-bond acceptors (Lipinski definition) is 4. The molecule has 2 amide bonds. The number of hydrogen-bond donors (Lipinski definition) is 1. The quantitative estimate of drug-likeness (QED) is 0.616. The molecule has 1 aliphatic heterocycles.